The SMILES string of the molecule is COc1cc(-c2cc(O)c(-c3ccc(N(C)[C@H]4C[C@]5(C)CC[C@](C)(C4)N5)nn3)c(F)c2)ncn1. The third kappa shape index (κ3) is 4.04. The lowest BCUT2D eigenvalue weighted by Gasteiger charge is -2.45. The molecule has 0 saturated carbocycles. The highest BCUT2D eigenvalue weighted by Gasteiger charge is 2.49. The molecule has 2 fully saturated rings. The molecular formula is C25H29FN6O2. The number of benzene rings is 1. The van der Waals surface area contributed by atoms with Gasteiger partial charge in [-0.05, 0) is 63.8 Å². The van der Waals surface area contributed by atoms with E-state index >= 15 is 4.39 Å². The number of hydrogen-bond acceptors (Lipinski definition) is 8. The number of nitrogens with one attached hydrogen (secondary N) is 1. The second kappa shape index (κ2) is 8.16. The van der Waals surface area contributed by atoms with Crippen LogP contribution in [0.15, 0.2) is 36.7 Å². The minimum atomic E-state index is -0.612. The highest BCUT2D eigenvalue weighted by Crippen LogP contribution is 2.44. The first-order valence-corrected chi connectivity index (χ1v) is 11.4. The van der Waals surface area contributed by atoms with Crippen LogP contribution in [0.2, 0.25) is 0 Å². The lowest BCUT2D eigenvalue weighted by Crippen LogP contribution is -2.58. The van der Waals surface area contributed by atoms with Gasteiger partial charge in [-0.2, -0.15) is 0 Å². The van der Waals surface area contributed by atoms with Crippen LogP contribution in [-0.4, -0.2) is 56.5 Å². The van der Waals surface area contributed by atoms with Crippen molar-refractivity contribution in [3.8, 4) is 34.1 Å². The predicted molar refractivity (Wildman–Crippen MR) is 127 cm³/mol. The Balaban J connectivity index is 1.39. The van der Waals surface area contributed by atoms with E-state index in [-0.39, 0.29) is 28.1 Å². The maximum absolute atomic E-state index is 15.1. The molecule has 2 aliphatic rings. The van der Waals surface area contributed by atoms with Crippen LogP contribution in [0.25, 0.3) is 22.5 Å². The van der Waals surface area contributed by atoms with Gasteiger partial charge in [0.25, 0.3) is 0 Å². The number of halogens is 1. The monoisotopic (exact) mass is 464 g/mol. The smallest absolute Gasteiger partial charge is 0.216 e. The molecule has 0 spiro atoms. The van der Waals surface area contributed by atoms with Crippen molar-refractivity contribution in [1.29, 1.82) is 0 Å². The molecule has 0 unspecified atom stereocenters. The van der Waals surface area contributed by atoms with E-state index in [1.165, 1.54) is 38.4 Å². The molecule has 2 saturated heterocycles. The van der Waals surface area contributed by atoms with Crippen molar-refractivity contribution < 1.29 is 14.2 Å². The molecule has 3 aromatic rings. The van der Waals surface area contributed by atoms with Gasteiger partial charge in [-0.25, -0.2) is 14.4 Å². The zero-order chi connectivity index (χ0) is 24.1. The van der Waals surface area contributed by atoms with Crippen LogP contribution in [0, 0.1) is 5.82 Å². The zero-order valence-corrected chi connectivity index (χ0v) is 19.8. The van der Waals surface area contributed by atoms with E-state index < -0.39 is 5.82 Å². The number of anilines is 1. The fraction of sp³-hybridized carbons (Fsp3) is 0.440. The second-order valence-electron chi connectivity index (χ2n) is 9.99. The Hall–Kier alpha value is -3.33. The number of aromatic nitrogens is 4. The number of phenolic OH excluding ortho intramolecular Hbond substituents is 1. The molecule has 8 nitrogen and oxygen atoms in total. The van der Waals surface area contributed by atoms with Crippen molar-refractivity contribution in [2.45, 2.75) is 56.7 Å². The molecule has 3 atom stereocenters. The number of ether oxygens (including phenoxy) is 1. The van der Waals surface area contributed by atoms with Gasteiger partial charge in [0, 0.05) is 35.8 Å². The molecule has 0 aliphatic carbocycles. The second-order valence-corrected chi connectivity index (χ2v) is 9.99. The third-order valence-electron chi connectivity index (χ3n) is 7.24. The highest BCUT2D eigenvalue weighted by molar-refractivity contribution is 5.74. The first-order valence-electron chi connectivity index (χ1n) is 11.4. The quantitative estimate of drug-likeness (QED) is 0.586. The number of fused-ring (bicyclic) bond motifs is 2. The van der Waals surface area contributed by atoms with Gasteiger partial charge >= 0.3 is 0 Å². The van der Waals surface area contributed by atoms with Gasteiger partial charge in [-0.15, -0.1) is 10.2 Å². The van der Waals surface area contributed by atoms with Gasteiger partial charge < -0.3 is 20.1 Å². The summed E-state index contributed by atoms with van der Waals surface area (Å²) in [6.07, 6.45) is 5.75. The van der Waals surface area contributed by atoms with E-state index in [4.69, 9.17) is 4.74 Å². The average Bonchev–Trinajstić information content (AvgIpc) is 3.05. The van der Waals surface area contributed by atoms with Gasteiger partial charge in [0.05, 0.1) is 24.1 Å². The van der Waals surface area contributed by atoms with Gasteiger partial charge in [0.1, 0.15) is 17.9 Å². The van der Waals surface area contributed by atoms with Gasteiger partial charge in [-0.1, -0.05) is 0 Å². The molecule has 2 aromatic heterocycles. The van der Waals surface area contributed by atoms with E-state index in [2.05, 4.69) is 44.2 Å². The van der Waals surface area contributed by atoms with Crippen LogP contribution >= 0.6 is 0 Å². The Morgan fingerprint density at radius 3 is 2.41 bits per heavy atom. The molecule has 9 heteroatoms. The van der Waals surface area contributed by atoms with Crippen LogP contribution in [0.1, 0.15) is 39.5 Å². The van der Waals surface area contributed by atoms with E-state index in [1.807, 2.05) is 13.1 Å². The lowest BCUT2D eigenvalue weighted by atomic mass is 9.84. The molecule has 5 rings (SSSR count). The van der Waals surface area contributed by atoms with Gasteiger partial charge in [0.2, 0.25) is 5.88 Å². The Bertz CT molecular complexity index is 1180. The summed E-state index contributed by atoms with van der Waals surface area (Å²) in [4.78, 5) is 10.3. The summed E-state index contributed by atoms with van der Waals surface area (Å²) in [5, 5.41) is 23.0. The average molecular weight is 465 g/mol. The van der Waals surface area contributed by atoms with Crippen molar-refractivity contribution >= 4 is 5.82 Å². The summed E-state index contributed by atoms with van der Waals surface area (Å²) in [6.45, 7) is 4.58. The van der Waals surface area contributed by atoms with Gasteiger partial charge in [-0.3, -0.25) is 0 Å². The van der Waals surface area contributed by atoms with Crippen LogP contribution in [0.4, 0.5) is 10.2 Å². The summed E-state index contributed by atoms with van der Waals surface area (Å²) < 4.78 is 20.2. The number of hydrogen-bond donors (Lipinski definition) is 2. The normalized spacial score (nSPS) is 25.9. The first-order chi connectivity index (χ1) is 16.2. The maximum Gasteiger partial charge on any atom is 0.216 e. The fourth-order valence-electron chi connectivity index (χ4n) is 5.53. The number of nitrogens with zero attached hydrogens (tertiary/aromatic N) is 5. The van der Waals surface area contributed by atoms with Crippen LogP contribution < -0.4 is 15.0 Å². The number of methoxy groups -OCH3 is 1. The predicted octanol–water partition coefficient (Wildman–Crippen LogP) is 3.95. The molecule has 0 amide bonds. The summed E-state index contributed by atoms with van der Waals surface area (Å²) in [5.41, 5.74) is 1.41. The van der Waals surface area contributed by atoms with Crippen LogP contribution in [0.3, 0.4) is 0 Å². The van der Waals surface area contributed by atoms with E-state index in [0.717, 1.165) is 18.7 Å². The summed E-state index contributed by atoms with van der Waals surface area (Å²) >= 11 is 0. The lowest BCUT2D eigenvalue weighted by molar-refractivity contribution is 0.207. The summed E-state index contributed by atoms with van der Waals surface area (Å²) in [6, 6.07) is 8.21. The fourth-order valence-corrected chi connectivity index (χ4v) is 5.53. The molecule has 178 valence electrons. The number of aromatic hydroxyl groups is 1. The number of piperidine rings is 1. The highest BCUT2D eigenvalue weighted by atomic mass is 19.1. The maximum atomic E-state index is 15.1. The number of rotatable bonds is 5. The van der Waals surface area contributed by atoms with Crippen molar-refractivity contribution in [2.75, 3.05) is 19.1 Å². The van der Waals surface area contributed by atoms with E-state index in [0.29, 0.717) is 23.2 Å². The minimum Gasteiger partial charge on any atom is -0.507 e. The largest absolute Gasteiger partial charge is 0.507 e. The molecule has 2 bridgehead atoms. The van der Waals surface area contributed by atoms with E-state index in [9.17, 15) is 5.11 Å². The Morgan fingerprint density at radius 2 is 1.79 bits per heavy atom. The standard InChI is InChI=1S/C25H29FN6O2/c1-24-7-8-25(2,31-24)13-16(12-24)32(3)21-6-5-18(29-30-21)23-17(26)9-15(10-20(23)33)19-11-22(34-4)28-14-27-19/h5-6,9-11,14,16,31,33H,7-8,12-13H2,1-4H3/t16-,24-,25+. The van der Waals surface area contributed by atoms with Gasteiger partial charge in [0.15, 0.2) is 5.82 Å². The minimum absolute atomic E-state index is 0.00593. The van der Waals surface area contributed by atoms with Crippen LogP contribution in [0.5, 0.6) is 11.6 Å². The third-order valence-corrected chi connectivity index (χ3v) is 7.24. The molecule has 1 aromatic carbocycles. The van der Waals surface area contributed by atoms with Crippen molar-refractivity contribution in [3.05, 3.63) is 42.5 Å². The van der Waals surface area contributed by atoms with Crippen molar-refractivity contribution in [3.63, 3.8) is 0 Å². The van der Waals surface area contributed by atoms with Crippen molar-refractivity contribution in [1.82, 2.24) is 25.5 Å². The van der Waals surface area contributed by atoms with Crippen molar-refractivity contribution in [2.24, 2.45) is 0 Å². The Labute approximate surface area is 198 Å². The molecule has 2 N–H and O–H groups in total. The molecular weight excluding hydrogens is 435 g/mol. The number of phenols is 1. The molecule has 4 heterocycles. The summed E-state index contributed by atoms with van der Waals surface area (Å²) in [7, 11) is 3.53. The Kier molecular flexibility index (Phi) is 5.39. The first kappa shape index (κ1) is 22.5. The topological polar surface area (TPSA) is 96.3 Å². The molecule has 0 radical (unpaired) electrons. The molecule has 34 heavy (non-hydrogen) atoms. The Morgan fingerprint density at radius 1 is 1.06 bits per heavy atom. The van der Waals surface area contributed by atoms with E-state index in [1.54, 1.807) is 12.1 Å². The molecule has 2 aliphatic heterocycles. The van der Waals surface area contributed by atoms with Crippen LogP contribution in [-0.2, 0) is 0 Å². The summed E-state index contributed by atoms with van der Waals surface area (Å²) in [5.74, 6) is 0.230. The zero-order valence-electron chi connectivity index (χ0n) is 19.8.